The van der Waals surface area contributed by atoms with Gasteiger partial charge in [-0.15, -0.1) is 0 Å². The monoisotopic (exact) mass is 273 g/mol. The summed E-state index contributed by atoms with van der Waals surface area (Å²) < 4.78 is 0.781. The van der Waals surface area contributed by atoms with Crippen LogP contribution in [0.2, 0.25) is 0 Å². The van der Waals surface area contributed by atoms with Crippen LogP contribution >= 0.6 is 15.9 Å². The molecule has 0 unspecified atom stereocenters. The maximum atomic E-state index is 8.79. The summed E-state index contributed by atoms with van der Waals surface area (Å²) in [6.45, 7) is 0. The lowest BCUT2D eigenvalue weighted by molar-refractivity contribution is 1.32. The van der Waals surface area contributed by atoms with E-state index in [4.69, 9.17) is 5.26 Å². The second-order valence-corrected chi connectivity index (χ2v) is 4.03. The minimum absolute atomic E-state index is 0.622. The fraction of sp³-hybridized carbons (Fsp3) is 0. The second kappa shape index (κ2) is 4.77. The molecule has 2 aromatic rings. The molecule has 0 spiro atoms. The molecule has 2 rings (SSSR count). The molecule has 0 saturated carbocycles. The lowest BCUT2D eigenvalue weighted by atomic mass is 10.2. The normalized spacial score (nSPS) is 9.50. The van der Waals surface area contributed by atoms with E-state index in [2.05, 4.69) is 32.3 Å². The van der Waals surface area contributed by atoms with Crippen molar-refractivity contribution >= 4 is 27.3 Å². The summed E-state index contributed by atoms with van der Waals surface area (Å²) in [5.41, 5.74) is 2.45. The molecule has 4 heteroatoms. The molecular weight excluding hydrogens is 266 g/mol. The van der Waals surface area contributed by atoms with Crippen LogP contribution in [0.15, 0.2) is 47.2 Å². The van der Waals surface area contributed by atoms with Crippen molar-refractivity contribution in [1.82, 2.24) is 4.98 Å². The van der Waals surface area contributed by atoms with Gasteiger partial charge in [0.05, 0.1) is 17.4 Å². The van der Waals surface area contributed by atoms with Crippen molar-refractivity contribution in [3.05, 3.63) is 52.8 Å². The summed E-state index contributed by atoms with van der Waals surface area (Å²) in [6.07, 6.45) is 3.46. The third-order valence-corrected chi connectivity index (χ3v) is 2.70. The third kappa shape index (κ3) is 2.38. The molecule has 0 saturated heterocycles. The van der Waals surface area contributed by atoms with E-state index in [1.165, 1.54) is 0 Å². The van der Waals surface area contributed by atoms with Gasteiger partial charge in [-0.1, -0.05) is 0 Å². The minimum atomic E-state index is 0.622. The van der Waals surface area contributed by atoms with E-state index in [1.807, 2.05) is 24.3 Å². The Morgan fingerprint density at radius 1 is 1.25 bits per heavy atom. The van der Waals surface area contributed by atoms with Crippen LogP contribution in [-0.4, -0.2) is 4.98 Å². The average Bonchev–Trinajstić information content (AvgIpc) is 2.31. The Kier molecular flexibility index (Phi) is 3.18. The topological polar surface area (TPSA) is 48.7 Å². The molecular formula is C12H8BrN3. The van der Waals surface area contributed by atoms with Crippen molar-refractivity contribution < 1.29 is 0 Å². The van der Waals surface area contributed by atoms with Crippen molar-refractivity contribution in [3.63, 3.8) is 0 Å². The standard InChI is InChI=1S/C12H8BrN3/c13-12-6-10(4-3-9(12)7-14)16-11-2-1-5-15-8-11/h1-6,8,16H. The third-order valence-electron chi connectivity index (χ3n) is 2.04. The highest BCUT2D eigenvalue weighted by Gasteiger charge is 2.00. The van der Waals surface area contributed by atoms with Gasteiger partial charge in [0.15, 0.2) is 0 Å². The Hall–Kier alpha value is -1.86. The largest absolute Gasteiger partial charge is 0.354 e. The first-order chi connectivity index (χ1) is 7.79. The number of pyridine rings is 1. The van der Waals surface area contributed by atoms with Gasteiger partial charge in [0.1, 0.15) is 6.07 Å². The van der Waals surface area contributed by atoms with Crippen LogP contribution in [0, 0.1) is 11.3 Å². The van der Waals surface area contributed by atoms with E-state index < -0.39 is 0 Å². The second-order valence-electron chi connectivity index (χ2n) is 3.17. The lowest BCUT2D eigenvalue weighted by Crippen LogP contribution is -1.91. The summed E-state index contributed by atoms with van der Waals surface area (Å²) in [5.74, 6) is 0. The summed E-state index contributed by atoms with van der Waals surface area (Å²) in [5, 5.41) is 12.0. The van der Waals surface area contributed by atoms with Gasteiger partial charge < -0.3 is 5.32 Å². The highest BCUT2D eigenvalue weighted by atomic mass is 79.9. The molecule has 1 heterocycles. The van der Waals surface area contributed by atoms with Crippen LogP contribution in [0.4, 0.5) is 11.4 Å². The highest BCUT2D eigenvalue weighted by Crippen LogP contribution is 2.23. The van der Waals surface area contributed by atoms with Gasteiger partial charge >= 0.3 is 0 Å². The molecule has 0 aliphatic carbocycles. The van der Waals surface area contributed by atoms with Gasteiger partial charge in [-0.05, 0) is 46.3 Å². The maximum Gasteiger partial charge on any atom is 0.100 e. The fourth-order valence-electron chi connectivity index (χ4n) is 1.29. The Morgan fingerprint density at radius 3 is 2.75 bits per heavy atom. The number of hydrogen-bond donors (Lipinski definition) is 1. The summed E-state index contributed by atoms with van der Waals surface area (Å²) in [7, 11) is 0. The number of hydrogen-bond acceptors (Lipinski definition) is 3. The van der Waals surface area contributed by atoms with Gasteiger partial charge in [-0.2, -0.15) is 5.26 Å². The molecule has 0 aliphatic heterocycles. The predicted octanol–water partition coefficient (Wildman–Crippen LogP) is 3.46. The maximum absolute atomic E-state index is 8.79. The zero-order chi connectivity index (χ0) is 11.4. The van der Waals surface area contributed by atoms with E-state index in [1.54, 1.807) is 18.5 Å². The molecule has 0 atom stereocenters. The zero-order valence-electron chi connectivity index (χ0n) is 8.31. The van der Waals surface area contributed by atoms with Crippen LogP contribution in [0.5, 0.6) is 0 Å². The molecule has 0 fully saturated rings. The molecule has 0 amide bonds. The first-order valence-electron chi connectivity index (χ1n) is 4.66. The molecule has 1 N–H and O–H groups in total. The minimum Gasteiger partial charge on any atom is -0.354 e. The number of halogens is 1. The fourth-order valence-corrected chi connectivity index (χ4v) is 1.75. The van der Waals surface area contributed by atoms with Crippen molar-refractivity contribution in [2.24, 2.45) is 0 Å². The molecule has 0 aliphatic rings. The van der Waals surface area contributed by atoms with Crippen LogP contribution < -0.4 is 5.32 Å². The van der Waals surface area contributed by atoms with Gasteiger partial charge in [0, 0.05) is 16.4 Å². The molecule has 1 aromatic heterocycles. The molecule has 3 nitrogen and oxygen atoms in total. The van der Waals surface area contributed by atoms with E-state index in [9.17, 15) is 0 Å². The number of nitrogens with one attached hydrogen (secondary N) is 1. The SMILES string of the molecule is N#Cc1ccc(Nc2cccnc2)cc1Br. The van der Waals surface area contributed by atoms with Crippen LogP contribution in [0.25, 0.3) is 0 Å². The number of rotatable bonds is 2. The molecule has 78 valence electrons. The van der Waals surface area contributed by atoms with Crippen LogP contribution in [0.3, 0.4) is 0 Å². The smallest absolute Gasteiger partial charge is 0.100 e. The number of anilines is 2. The van der Waals surface area contributed by atoms with Gasteiger partial charge in [-0.3, -0.25) is 4.98 Å². The molecule has 0 radical (unpaired) electrons. The van der Waals surface area contributed by atoms with Gasteiger partial charge in [0.25, 0.3) is 0 Å². The zero-order valence-corrected chi connectivity index (χ0v) is 9.90. The van der Waals surface area contributed by atoms with E-state index in [0.717, 1.165) is 15.8 Å². The summed E-state index contributed by atoms with van der Waals surface area (Å²) in [6, 6.07) is 11.4. The van der Waals surface area contributed by atoms with Crippen molar-refractivity contribution in [2.75, 3.05) is 5.32 Å². The van der Waals surface area contributed by atoms with Gasteiger partial charge in [0.2, 0.25) is 0 Å². The molecule has 16 heavy (non-hydrogen) atoms. The Balaban J connectivity index is 2.24. The summed E-state index contributed by atoms with van der Waals surface area (Å²) >= 11 is 3.34. The van der Waals surface area contributed by atoms with Gasteiger partial charge in [-0.25, -0.2) is 0 Å². The van der Waals surface area contributed by atoms with Crippen LogP contribution in [0.1, 0.15) is 5.56 Å². The van der Waals surface area contributed by atoms with Crippen molar-refractivity contribution in [3.8, 4) is 6.07 Å². The number of nitriles is 1. The van der Waals surface area contributed by atoms with E-state index in [-0.39, 0.29) is 0 Å². The summed E-state index contributed by atoms with van der Waals surface area (Å²) in [4.78, 5) is 4.01. The quantitative estimate of drug-likeness (QED) is 0.912. The van der Waals surface area contributed by atoms with E-state index in [0.29, 0.717) is 5.56 Å². The van der Waals surface area contributed by atoms with Crippen molar-refractivity contribution in [2.45, 2.75) is 0 Å². The number of nitrogens with zero attached hydrogens (tertiary/aromatic N) is 2. The Bertz CT molecular complexity index is 532. The average molecular weight is 274 g/mol. The first-order valence-corrected chi connectivity index (χ1v) is 5.45. The first kappa shape index (κ1) is 10.7. The predicted molar refractivity (Wildman–Crippen MR) is 66.4 cm³/mol. The molecule has 0 bridgehead atoms. The number of aromatic nitrogens is 1. The van der Waals surface area contributed by atoms with Crippen LogP contribution in [-0.2, 0) is 0 Å². The number of benzene rings is 1. The van der Waals surface area contributed by atoms with E-state index >= 15 is 0 Å². The molecule has 1 aromatic carbocycles. The Morgan fingerprint density at radius 2 is 2.12 bits per heavy atom. The highest BCUT2D eigenvalue weighted by molar-refractivity contribution is 9.10. The Labute approximate surface area is 102 Å². The van der Waals surface area contributed by atoms with Crippen molar-refractivity contribution in [1.29, 1.82) is 5.26 Å². The lowest BCUT2D eigenvalue weighted by Gasteiger charge is -2.06.